The lowest BCUT2D eigenvalue weighted by Gasteiger charge is -2.15. The quantitative estimate of drug-likeness (QED) is 0.745. The highest BCUT2D eigenvalue weighted by atomic mass is 79.9. The zero-order valence-corrected chi connectivity index (χ0v) is 14.4. The largest absolute Gasteiger partial charge is 0.388 e. The molecule has 106 valence electrons. The van der Waals surface area contributed by atoms with Crippen LogP contribution in [-0.4, -0.2) is 5.11 Å². The minimum absolute atomic E-state index is 0.287. The molecule has 0 fully saturated rings. The summed E-state index contributed by atoms with van der Waals surface area (Å²) < 4.78 is 14.8. The summed E-state index contributed by atoms with van der Waals surface area (Å²) in [4.78, 5) is 0. The van der Waals surface area contributed by atoms with Crippen LogP contribution in [0.15, 0.2) is 39.3 Å². The van der Waals surface area contributed by atoms with Crippen molar-refractivity contribution in [2.75, 3.05) is 0 Å². The van der Waals surface area contributed by atoms with E-state index < -0.39 is 6.10 Å². The van der Waals surface area contributed by atoms with Crippen LogP contribution in [0.5, 0.6) is 0 Å². The third-order valence-corrected chi connectivity index (χ3v) is 5.26. The van der Waals surface area contributed by atoms with Crippen molar-refractivity contribution in [2.45, 2.75) is 26.4 Å². The topological polar surface area (TPSA) is 20.2 Å². The zero-order valence-electron chi connectivity index (χ0n) is 11.3. The predicted molar refractivity (Wildman–Crippen MR) is 86.4 cm³/mol. The molecule has 0 heterocycles. The van der Waals surface area contributed by atoms with Gasteiger partial charge in [0.15, 0.2) is 0 Å². The van der Waals surface area contributed by atoms with E-state index in [4.69, 9.17) is 0 Å². The first-order valence-corrected chi connectivity index (χ1v) is 7.85. The smallest absolute Gasteiger partial charge is 0.124 e. The van der Waals surface area contributed by atoms with Crippen LogP contribution in [0.3, 0.4) is 0 Å². The van der Waals surface area contributed by atoms with Crippen LogP contribution in [0.4, 0.5) is 4.39 Å². The van der Waals surface area contributed by atoms with E-state index in [1.165, 1.54) is 12.1 Å². The van der Waals surface area contributed by atoms with Gasteiger partial charge in [0.1, 0.15) is 5.82 Å². The minimum Gasteiger partial charge on any atom is -0.388 e. The number of aliphatic hydroxyl groups is 1. The highest BCUT2D eigenvalue weighted by Gasteiger charge is 2.13. The maximum atomic E-state index is 13.1. The molecule has 0 spiro atoms. The predicted octanol–water partition coefficient (Wildman–Crippen LogP) is 5.24. The van der Waals surface area contributed by atoms with Gasteiger partial charge in [-0.1, -0.05) is 50.1 Å². The van der Waals surface area contributed by atoms with E-state index in [0.717, 1.165) is 26.7 Å². The molecule has 2 aromatic carbocycles. The van der Waals surface area contributed by atoms with Gasteiger partial charge >= 0.3 is 0 Å². The highest BCUT2D eigenvalue weighted by Crippen LogP contribution is 2.29. The number of rotatable bonds is 3. The van der Waals surface area contributed by atoms with Gasteiger partial charge in [-0.25, -0.2) is 4.39 Å². The molecule has 4 heteroatoms. The summed E-state index contributed by atoms with van der Waals surface area (Å²) in [5.41, 5.74) is 3.95. The van der Waals surface area contributed by atoms with Crippen molar-refractivity contribution in [1.82, 2.24) is 0 Å². The molecular formula is C16H15Br2FO. The zero-order chi connectivity index (χ0) is 14.9. The van der Waals surface area contributed by atoms with Crippen molar-refractivity contribution in [1.29, 1.82) is 0 Å². The lowest BCUT2D eigenvalue weighted by Crippen LogP contribution is -2.04. The monoisotopic (exact) mass is 400 g/mol. The van der Waals surface area contributed by atoms with Gasteiger partial charge in [0, 0.05) is 15.4 Å². The Bertz CT molecular complexity index is 617. The summed E-state index contributed by atoms with van der Waals surface area (Å²) in [5.74, 6) is -0.287. The molecule has 0 aromatic heterocycles. The summed E-state index contributed by atoms with van der Waals surface area (Å²) in [6.07, 6.45) is -0.163. The van der Waals surface area contributed by atoms with Gasteiger partial charge in [-0.2, -0.15) is 0 Å². The fraction of sp³-hybridized carbons (Fsp3) is 0.250. The number of aliphatic hydroxyl groups excluding tert-OH is 1. The molecule has 0 aliphatic carbocycles. The average molecular weight is 402 g/mol. The Hall–Kier alpha value is -0.710. The van der Waals surface area contributed by atoms with Crippen LogP contribution in [0.1, 0.15) is 28.4 Å². The first-order chi connectivity index (χ1) is 9.38. The summed E-state index contributed by atoms with van der Waals surface area (Å²) in [7, 11) is 0. The molecule has 0 aliphatic rings. The molecular weight excluding hydrogens is 387 g/mol. The fourth-order valence-corrected chi connectivity index (χ4v) is 2.93. The Morgan fingerprint density at radius 3 is 2.25 bits per heavy atom. The van der Waals surface area contributed by atoms with E-state index in [1.54, 1.807) is 6.07 Å². The lowest BCUT2D eigenvalue weighted by atomic mass is 9.98. The SMILES string of the molecule is Cc1cc(C(O)Cc2ccc(F)cc2Br)cc(C)c1Br. The van der Waals surface area contributed by atoms with Crippen LogP contribution in [0, 0.1) is 19.7 Å². The normalized spacial score (nSPS) is 12.5. The molecule has 0 bridgehead atoms. The highest BCUT2D eigenvalue weighted by molar-refractivity contribution is 9.10. The molecule has 2 rings (SSSR count). The standard InChI is InChI=1S/C16H15Br2FO/c1-9-5-12(6-10(2)16(9)18)15(20)7-11-3-4-13(19)8-14(11)17/h3-6,8,15,20H,7H2,1-2H3. The van der Waals surface area contributed by atoms with Crippen LogP contribution in [0.25, 0.3) is 0 Å². The molecule has 0 saturated carbocycles. The Morgan fingerprint density at radius 1 is 1.10 bits per heavy atom. The van der Waals surface area contributed by atoms with E-state index >= 15 is 0 Å². The first kappa shape index (κ1) is 15.7. The number of hydrogen-bond donors (Lipinski definition) is 1. The van der Waals surface area contributed by atoms with Gasteiger partial charge in [0.05, 0.1) is 6.10 Å². The number of aryl methyl sites for hydroxylation is 2. The number of benzene rings is 2. The van der Waals surface area contributed by atoms with Gasteiger partial charge in [0.2, 0.25) is 0 Å². The van der Waals surface area contributed by atoms with Crippen LogP contribution < -0.4 is 0 Å². The summed E-state index contributed by atoms with van der Waals surface area (Å²) >= 11 is 6.85. The second-order valence-electron chi connectivity index (χ2n) is 4.92. The Morgan fingerprint density at radius 2 is 1.70 bits per heavy atom. The Labute approximate surface area is 135 Å². The fourth-order valence-electron chi connectivity index (χ4n) is 2.19. The molecule has 1 nitrogen and oxygen atoms in total. The van der Waals surface area contributed by atoms with E-state index in [1.807, 2.05) is 26.0 Å². The van der Waals surface area contributed by atoms with Gasteiger partial charge in [-0.05, 0) is 48.2 Å². The third kappa shape index (κ3) is 3.48. The summed E-state index contributed by atoms with van der Waals surface area (Å²) in [6, 6.07) is 8.46. The third-order valence-electron chi connectivity index (χ3n) is 3.27. The van der Waals surface area contributed by atoms with Crippen molar-refractivity contribution < 1.29 is 9.50 Å². The molecule has 1 unspecified atom stereocenters. The molecule has 1 atom stereocenters. The van der Waals surface area contributed by atoms with Gasteiger partial charge in [0.25, 0.3) is 0 Å². The van der Waals surface area contributed by atoms with E-state index in [9.17, 15) is 9.50 Å². The lowest BCUT2D eigenvalue weighted by molar-refractivity contribution is 0.178. The molecule has 1 N–H and O–H groups in total. The van der Waals surface area contributed by atoms with Crippen molar-refractivity contribution in [3.8, 4) is 0 Å². The van der Waals surface area contributed by atoms with Crippen molar-refractivity contribution in [2.24, 2.45) is 0 Å². The molecule has 20 heavy (non-hydrogen) atoms. The molecule has 0 amide bonds. The van der Waals surface area contributed by atoms with Gasteiger partial charge in [-0.15, -0.1) is 0 Å². The van der Waals surface area contributed by atoms with Crippen molar-refractivity contribution >= 4 is 31.9 Å². The molecule has 2 aromatic rings. The summed E-state index contributed by atoms with van der Waals surface area (Å²) in [5, 5.41) is 10.4. The number of halogens is 3. The van der Waals surface area contributed by atoms with Crippen LogP contribution in [0.2, 0.25) is 0 Å². The van der Waals surface area contributed by atoms with Crippen LogP contribution in [-0.2, 0) is 6.42 Å². The Balaban J connectivity index is 2.26. The van der Waals surface area contributed by atoms with E-state index in [2.05, 4.69) is 31.9 Å². The second kappa shape index (κ2) is 6.37. The Kier molecular flexibility index (Phi) is 4.99. The summed E-state index contributed by atoms with van der Waals surface area (Å²) in [6.45, 7) is 4.00. The maximum absolute atomic E-state index is 13.1. The maximum Gasteiger partial charge on any atom is 0.124 e. The molecule has 0 aliphatic heterocycles. The van der Waals surface area contributed by atoms with Gasteiger partial charge < -0.3 is 5.11 Å². The minimum atomic E-state index is -0.609. The van der Waals surface area contributed by atoms with Crippen LogP contribution >= 0.6 is 31.9 Å². The van der Waals surface area contributed by atoms with E-state index in [-0.39, 0.29) is 5.82 Å². The van der Waals surface area contributed by atoms with Crippen molar-refractivity contribution in [3.05, 3.63) is 67.3 Å². The average Bonchev–Trinajstić information content (AvgIpc) is 2.38. The van der Waals surface area contributed by atoms with Gasteiger partial charge in [-0.3, -0.25) is 0 Å². The van der Waals surface area contributed by atoms with E-state index in [0.29, 0.717) is 10.9 Å². The first-order valence-electron chi connectivity index (χ1n) is 6.27. The number of hydrogen-bond acceptors (Lipinski definition) is 1. The molecule has 0 saturated heterocycles. The van der Waals surface area contributed by atoms with Crippen molar-refractivity contribution in [3.63, 3.8) is 0 Å². The second-order valence-corrected chi connectivity index (χ2v) is 6.57. The molecule has 0 radical (unpaired) electrons.